The van der Waals surface area contributed by atoms with Crippen molar-refractivity contribution in [3.8, 4) is 28.6 Å². The maximum atomic E-state index is 12.4. The fraction of sp³-hybridized carbons (Fsp3) is 0.222. The molecular weight excluding hydrogens is 446 g/mol. The topological polar surface area (TPSA) is 95.7 Å². The Morgan fingerprint density at radius 3 is 2.57 bits per heavy atom. The summed E-state index contributed by atoms with van der Waals surface area (Å²) >= 11 is 0. The van der Waals surface area contributed by atoms with E-state index in [4.69, 9.17) is 18.7 Å². The number of aryl methyl sites for hydroxylation is 1. The van der Waals surface area contributed by atoms with Crippen LogP contribution in [0.1, 0.15) is 17.0 Å². The van der Waals surface area contributed by atoms with Crippen molar-refractivity contribution >= 4 is 11.6 Å². The smallest absolute Gasteiger partial charge is 0.232 e. The van der Waals surface area contributed by atoms with Crippen LogP contribution >= 0.6 is 0 Å². The number of hydrogen-bond donors (Lipinski definition) is 1. The number of methoxy groups -OCH3 is 2. The van der Waals surface area contributed by atoms with Gasteiger partial charge in [0.2, 0.25) is 11.8 Å². The highest BCUT2D eigenvalue weighted by Crippen LogP contribution is 2.28. The van der Waals surface area contributed by atoms with Gasteiger partial charge in [-0.05, 0) is 42.8 Å². The number of pyridine rings is 1. The van der Waals surface area contributed by atoms with Gasteiger partial charge in [0.15, 0.2) is 11.5 Å². The number of amides is 1. The van der Waals surface area contributed by atoms with Crippen molar-refractivity contribution in [3.63, 3.8) is 0 Å². The van der Waals surface area contributed by atoms with Crippen LogP contribution in [-0.2, 0) is 17.6 Å². The molecule has 35 heavy (non-hydrogen) atoms. The number of ether oxygens (including phenoxy) is 3. The standard InChI is InChI=1S/C27H27N3O5/c1-18-14-22(35-30-18)17-26(31)28-21-7-4-6-20(16-21)23-8-5-9-27(29-23)34-13-12-19-10-11-24(32-2)25(15-19)33-3/h4-11,14-16H,12-13,17H2,1-3H3,(H,28,31). The van der Waals surface area contributed by atoms with Gasteiger partial charge in [-0.3, -0.25) is 4.79 Å². The Labute approximate surface area is 203 Å². The maximum Gasteiger partial charge on any atom is 0.232 e. The highest BCUT2D eigenvalue weighted by molar-refractivity contribution is 5.92. The van der Waals surface area contributed by atoms with Gasteiger partial charge in [0.05, 0.1) is 38.6 Å². The Morgan fingerprint density at radius 1 is 0.971 bits per heavy atom. The average molecular weight is 474 g/mol. The zero-order valence-electron chi connectivity index (χ0n) is 19.9. The van der Waals surface area contributed by atoms with E-state index in [1.54, 1.807) is 20.3 Å². The second-order valence-electron chi connectivity index (χ2n) is 7.89. The summed E-state index contributed by atoms with van der Waals surface area (Å²) in [7, 11) is 3.23. The number of anilines is 1. The van der Waals surface area contributed by atoms with Crippen molar-refractivity contribution in [2.45, 2.75) is 19.8 Å². The van der Waals surface area contributed by atoms with Crippen molar-refractivity contribution in [1.82, 2.24) is 10.1 Å². The van der Waals surface area contributed by atoms with Crippen molar-refractivity contribution in [2.75, 3.05) is 26.1 Å². The SMILES string of the molecule is COc1ccc(CCOc2cccc(-c3cccc(NC(=O)Cc4cc(C)no4)c3)n2)cc1OC. The molecule has 0 saturated heterocycles. The molecule has 0 fully saturated rings. The van der Waals surface area contributed by atoms with E-state index < -0.39 is 0 Å². The molecule has 0 spiro atoms. The lowest BCUT2D eigenvalue weighted by Crippen LogP contribution is -2.14. The molecule has 0 aliphatic rings. The van der Waals surface area contributed by atoms with Crippen LogP contribution in [-0.4, -0.2) is 36.9 Å². The number of carbonyl (C=O) groups excluding carboxylic acids is 1. The van der Waals surface area contributed by atoms with Crippen molar-refractivity contribution in [3.05, 3.63) is 83.7 Å². The minimum absolute atomic E-state index is 0.118. The first-order valence-corrected chi connectivity index (χ1v) is 11.2. The van der Waals surface area contributed by atoms with E-state index in [-0.39, 0.29) is 12.3 Å². The number of rotatable bonds is 10. The van der Waals surface area contributed by atoms with Crippen LogP contribution in [0.3, 0.4) is 0 Å². The summed E-state index contributed by atoms with van der Waals surface area (Å²) in [6.07, 6.45) is 0.811. The monoisotopic (exact) mass is 473 g/mol. The van der Waals surface area contributed by atoms with Gasteiger partial charge in [-0.15, -0.1) is 0 Å². The van der Waals surface area contributed by atoms with Crippen LogP contribution < -0.4 is 19.5 Å². The van der Waals surface area contributed by atoms with Crippen molar-refractivity contribution < 1.29 is 23.5 Å². The molecular formula is C27H27N3O5. The molecule has 180 valence electrons. The Hall–Kier alpha value is -4.33. The van der Waals surface area contributed by atoms with Gasteiger partial charge >= 0.3 is 0 Å². The molecule has 8 heteroatoms. The van der Waals surface area contributed by atoms with Gasteiger partial charge in [-0.2, -0.15) is 0 Å². The van der Waals surface area contributed by atoms with Crippen LogP contribution in [0.25, 0.3) is 11.3 Å². The summed E-state index contributed by atoms with van der Waals surface area (Å²) in [6.45, 7) is 2.28. The maximum absolute atomic E-state index is 12.4. The predicted octanol–water partition coefficient (Wildman–Crippen LogP) is 4.86. The van der Waals surface area contributed by atoms with E-state index in [1.807, 2.05) is 67.6 Å². The number of hydrogen-bond acceptors (Lipinski definition) is 7. The molecule has 0 bridgehead atoms. The normalized spacial score (nSPS) is 10.6. The third kappa shape index (κ3) is 6.38. The third-order valence-electron chi connectivity index (χ3n) is 5.27. The van der Waals surface area contributed by atoms with Gasteiger partial charge in [0.1, 0.15) is 5.76 Å². The molecule has 2 heterocycles. The Morgan fingerprint density at radius 2 is 1.80 bits per heavy atom. The molecule has 2 aromatic heterocycles. The first kappa shape index (κ1) is 23.8. The Bertz CT molecular complexity index is 1300. The highest BCUT2D eigenvalue weighted by atomic mass is 16.5. The number of nitrogens with one attached hydrogen (secondary N) is 1. The van der Waals surface area contributed by atoms with Gasteiger partial charge in [0.25, 0.3) is 0 Å². The fourth-order valence-corrected chi connectivity index (χ4v) is 3.58. The molecule has 0 saturated carbocycles. The number of aromatic nitrogens is 2. The zero-order chi connectivity index (χ0) is 24.6. The average Bonchev–Trinajstić information content (AvgIpc) is 3.28. The Kier molecular flexibility index (Phi) is 7.62. The molecule has 2 aromatic carbocycles. The van der Waals surface area contributed by atoms with Gasteiger partial charge < -0.3 is 24.1 Å². The third-order valence-corrected chi connectivity index (χ3v) is 5.27. The van der Waals surface area contributed by atoms with Gasteiger partial charge in [0, 0.05) is 29.8 Å². The minimum atomic E-state index is -0.182. The molecule has 4 rings (SSSR count). The zero-order valence-corrected chi connectivity index (χ0v) is 19.9. The molecule has 0 radical (unpaired) electrons. The van der Waals surface area contributed by atoms with Crippen molar-refractivity contribution in [2.24, 2.45) is 0 Å². The van der Waals surface area contributed by atoms with E-state index in [0.717, 1.165) is 22.5 Å². The minimum Gasteiger partial charge on any atom is -0.493 e. The largest absolute Gasteiger partial charge is 0.493 e. The molecule has 1 amide bonds. The van der Waals surface area contributed by atoms with Crippen LogP contribution in [0.4, 0.5) is 5.69 Å². The first-order chi connectivity index (χ1) is 17.0. The van der Waals surface area contributed by atoms with Gasteiger partial charge in [-0.1, -0.05) is 29.4 Å². The van der Waals surface area contributed by atoms with Crippen LogP contribution in [0.15, 0.2) is 71.3 Å². The Balaban J connectivity index is 1.37. The molecule has 0 aliphatic heterocycles. The second-order valence-corrected chi connectivity index (χ2v) is 7.89. The van der Waals surface area contributed by atoms with E-state index in [2.05, 4.69) is 15.5 Å². The molecule has 1 N–H and O–H groups in total. The molecule has 0 atom stereocenters. The first-order valence-electron chi connectivity index (χ1n) is 11.2. The van der Waals surface area contributed by atoms with Crippen molar-refractivity contribution in [1.29, 1.82) is 0 Å². The molecule has 0 aliphatic carbocycles. The lowest BCUT2D eigenvalue weighted by atomic mass is 10.1. The summed E-state index contributed by atoms with van der Waals surface area (Å²) in [5.41, 5.74) is 4.10. The van der Waals surface area contributed by atoms with E-state index in [9.17, 15) is 4.79 Å². The highest BCUT2D eigenvalue weighted by Gasteiger charge is 2.10. The molecule has 4 aromatic rings. The fourth-order valence-electron chi connectivity index (χ4n) is 3.58. The lowest BCUT2D eigenvalue weighted by Gasteiger charge is -2.11. The second kappa shape index (κ2) is 11.2. The van der Waals surface area contributed by atoms with Crippen LogP contribution in [0.2, 0.25) is 0 Å². The summed E-state index contributed by atoms with van der Waals surface area (Å²) < 4.78 is 21.7. The predicted molar refractivity (Wildman–Crippen MR) is 132 cm³/mol. The summed E-state index contributed by atoms with van der Waals surface area (Å²) in [5, 5.41) is 6.70. The number of nitrogens with zero attached hydrogens (tertiary/aromatic N) is 2. The summed E-state index contributed by atoms with van der Waals surface area (Å²) in [4.78, 5) is 17.0. The van der Waals surface area contributed by atoms with E-state index in [0.29, 0.717) is 41.9 Å². The van der Waals surface area contributed by atoms with Gasteiger partial charge in [-0.25, -0.2) is 4.98 Å². The van der Waals surface area contributed by atoms with E-state index in [1.165, 1.54) is 0 Å². The quantitative estimate of drug-likeness (QED) is 0.351. The number of carbonyl (C=O) groups is 1. The molecule has 0 unspecified atom stereocenters. The lowest BCUT2D eigenvalue weighted by molar-refractivity contribution is -0.115. The summed E-state index contributed by atoms with van der Waals surface area (Å²) in [5.74, 6) is 2.25. The van der Waals surface area contributed by atoms with Crippen LogP contribution in [0.5, 0.6) is 17.4 Å². The van der Waals surface area contributed by atoms with Crippen LogP contribution in [0, 0.1) is 6.92 Å². The number of benzene rings is 2. The van der Waals surface area contributed by atoms with E-state index >= 15 is 0 Å². The summed E-state index contributed by atoms with van der Waals surface area (Å²) in [6, 6.07) is 20.7. The molecule has 8 nitrogen and oxygen atoms in total.